The molecule has 0 spiro atoms. The van der Waals surface area contributed by atoms with Crippen LogP contribution in [0.4, 0.5) is 5.69 Å². The van der Waals surface area contributed by atoms with Crippen LogP contribution in [0.15, 0.2) is 24.3 Å². The number of aliphatic carboxylic acids is 1. The van der Waals surface area contributed by atoms with Gasteiger partial charge in [-0.05, 0) is 33.8 Å². The van der Waals surface area contributed by atoms with Gasteiger partial charge in [-0.15, -0.1) is 11.8 Å². The number of carbonyl (C=O) groups is 4. The monoisotopic (exact) mass is 478 g/mol. The van der Waals surface area contributed by atoms with Crippen LogP contribution in [0.5, 0.6) is 0 Å². The van der Waals surface area contributed by atoms with Crippen LogP contribution in [0.25, 0.3) is 0 Å². The van der Waals surface area contributed by atoms with Crippen molar-refractivity contribution in [3.8, 4) is 0 Å². The van der Waals surface area contributed by atoms with Crippen molar-refractivity contribution in [2.45, 2.75) is 55.4 Å². The second kappa shape index (κ2) is 8.86. The number of thioether (sulfide) groups is 1. The summed E-state index contributed by atoms with van der Waals surface area (Å²) in [4.78, 5) is 54.3. The molecule has 0 aromatic heterocycles. The molecule has 2 fully saturated rings. The number of hydrogen-bond acceptors (Lipinski definition) is 8. The highest BCUT2D eigenvalue weighted by molar-refractivity contribution is 8.01. The number of nitrogens with zero attached hydrogens (tertiary/aromatic N) is 2. The highest BCUT2D eigenvalue weighted by Crippen LogP contribution is 2.55. The number of para-hydroxylation sites is 1. The number of carboxylic acid groups (broad SMARTS) is 1. The molecule has 1 aromatic rings. The quantitative estimate of drug-likeness (QED) is 0.280. The predicted octanol–water partition coefficient (Wildman–Crippen LogP) is 0.708. The Bertz CT molecular complexity index is 981. The van der Waals surface area contributed by atoms with Crippen molar-refractivity contribution in [2.24, 2.45) is 5.73 Å². The number of benzene rings is 1. The zero-order valence-electron chi connectivity index (χ0n) is 19.3. The SMILES string of the molecule is CCN(CC)c1ccccc1C(N)C(=O)N[C@@]1(C(=O)OC)C(=O)N2[C@@H](C(=O)O)C(C)(C)S[C@@H]21. The van der Waals surface area contributed by atoms with Gasteiger partial charge in [0.25, 0.3) is 5.91 Å². The number of carbonyl (C=O) groups excluding carboxylic acids is 3. The number of β-lactam (4-membered cyclic amide) rings is 1. The Kier molecular flexibility index (Phi) is 6.67. The van der Waals surface area contributed by atoms with Crippen LogP contribution < -0.4 is 16.0 Å². The van der Waals surface area contributed by atoms with E-state index in [1.165, 1.54) is 0 Å². The lowest BCUT2D eigenvalue weighted by Crippen LogP contribution is -2.83. The number of fused-ring (bicyclic) bond motifs is 1. The van der Waals surface area contributed by atoms with Crippen molar-refractivity contribution in [1.82, 2.24) is 10.2 Å². The maximum Gasteiger partial charge on any atom is 0.344 e. The number of nitrogens with one attached hydrogen (secondary N) is 1. The van der Waals surface area contributed by atoms with Crippen LogP contribution in [0, 0.1) is 0 Å². The number of esters is 1. The smallest absolute Gasteiger partial charge is 0.344 e. The van der Waals surface area contributed by atoms with Gasteiger partial charge in [0, 0.05) is 29.1 Å². The summed E-state index contributed by atoms with van der Waals surface area (Å²) >= 11 is 1.13. The number of nitrogens with two attached hydrogens (primary N) is 1. The van der Waals surface area contributed by atoms with Crippen molar-refractivity contribution < 1.29 is 29.0 Å². The molecule has 2 heterocycles. The Labute approximate surface area is 196 Å². The molecule has 0 bridgehead atoms. The summed E-state index contributed by atoms with van der Waals surface area (Å²) in [7, 11) is 1.11. The number of anilines is 1. The Morgan fingerprint density at radius 1 is 1.27 bits per heavy atom. The van der Waals surface area contributed by atoms with Gasteiger partial charge >= 0.3 is 11.9 Å². The van der Waals surface area contributed by atoms with Gasteiger partial charge in [-0.2, -0.15) is 0 Å². The number of rotatable bonds is 8. The van der Waals surface area contributed by atoms with Crippen molar-refractivity contribution in [1.29, 1.82) is 0 Å². The fraction of sp³-hybridized carbons (Fsp3) is 0.545. The Morgan fingerprint density at radius 2 is 1.88 bits per heavy atom. The third-order valence-corrected chi connectivity index (χ3v) is 7.90. The van der Waals surface area contributed by atoms with E-state index < -0.39 is 51.5 Å². The molecule has 0 saturated carbocycles. The van der Waals surface area contributed by atoms with Crippen molar-refractivity contribution >= 4 is 41.2 Å². The van der Waals surface area contributed by atoms with E-state index in [9.17, 15) is 24.3 Å². The molecule has 2 aliphatic heterocycles. The van der Waals surface area contributed by atoms with E-state index >= 15 is 0 Å². The fourth-order valence-electron chi connectivity index (χ4n) is 4.59. The normalized spacial score (nSPS) is 26.1. The van der Waals surface area contributed by atoms with Crippen LogP contribution in [0.2, 0.25) is 0 Å². The first-order chi connectivity index (χ1) is 15.5. The Morgan fingerprint density at radius 3 is 2.42 bits per heavy atom. The van der Waals surface area contributed by atoms with Gasteiger partial charge in [-0.1, -0.05) is 18.2 Å². The summed E-state index contributed by atoms with van der Waals surface area (Å²) < 4.78 is 3.99. The lowest BCUT2D eigenvalue weighted by molar-refractivity contribution is -0.180. The van der Waals surface area contributed by atoms with Gasteiger partial charge in [0.15, 0.2) is 0 Å². The summed E-state index contributed by atoms with van der Waals surface area (Å²) in [5.41, 5.74) is 5.59. The summed E-state index contributed by atoms with van der Waals surface area (Å²) in [5, 5.41) is 11.3. The zero-order valence-corrected chi connectivity index (χ0v) is 20.1. The van der Waals surface area contributed by atoms with E-state index in [1.807, 2.05) is 30.9 Å². The average molecular weight is 479 g/mol. The number of amides is 2. The summed E-state index contributed by atoms with van der Waals surface area (Å²) in [6.07, 6.45) is 0. The molecule has 33 heavy (non-hydrogen) atoms. The number of ether oxygens (including phenoxy) is 1. The standard InChI is InChI=1S/C22H30N4O6S/c1-6-25(7-2)13-11-9-8-10-12(13)14(23)16(27)24-22(20(31)32-5)18(30)26-15(17(28)29)21(3,4)33-19(22)26/h8-11,14-15,19H,6-7,23H2,1-5H3,(H,24,27)(H,28,29)/t14?,15-,19+,22-/m0/s1. The summed E-state index contributed by atoms with van der Waals surface area (Å²) in [6, 6.07) is 4.87. The first kappa shape index (κ1) is 24.8. The first-order valence-corrected chi connectivity index (χ1v) is 11.6. The first-order valence-electron chi connectivity index (χ1n) is 10.7. The molecule has 1 unspecified atom stereocenters. The maximum atomic E-state index is 13.3. The van der Waals surface area contributed by atoms with E-state index in [1.54, 1.807) is 26.0 Å². The average Bonchev–Trinajstić information content (AvgIpc) is 3.06. The molecule has 10 nitrogen and oxygen atoms in total. The van der Waals surface area contributed by atoms with Crippen molar-refractivity contribution in [3.05, 3.63) is 29.8 Å². The van der Waals surface area contributed by atoms with Gasteiger partial charge < -0.3 is 30.7 Å². The zero-order chi connectivity index (χ0) is 24.7. The Balaban J connectivity index is 1.95. The minimum Gasteiger partial charge on any atom is -0.480 e. The summed E-state index contributed by atoms with van der Waals surface area (Å²) in [6.45, 7) is 8.73. The van der Waals surface area contributed by atoms with Crippen molar-refractivity contribution in [3.63, 3.8) is 0 Å². The van der Waals surface area contributed by atoms with E-state index in [4.69, 9.17) is 10.5 Å². The molecule has 0 aliphatic carbocycles. The molecule has 2 amide bonds. The minimum absolute atomic E-state index is 0.546. The van der Waals surface area contributed by atoms with Crippen LogP contribution in [-0.2, 0) is 23.9 Å². The molecular weight excluding hydrogens is 448 g/mol. The van der Waals surface area contributed by atoms with Gasteiger partial charge in [-0.25, -0.2) is 9.59 Å². The second-order valence-corrected chi connectivity index (χ2v) is 10.3. The van der Waals surface area contributed by atoms with Gasteiger partial charge in [-0.3, -0.25) is 9.59 Å². The highest BCUT2D eigenvalue weighted by Gasteiger charge is 2.76. The predicted molar refractivity (Wildman–Crippen MR) is 124 cm³/mol. The van der Waals surface area contributed by atoms with Gasteiger partial charge in [0.1, 0.15) is 17.5 Å². The molecule has 2 aliphatic rings. The molecule has 3 rings (SSSR count). The summed E-state index contributed by atoms with van der Waals surface area (Å²) in [5.74, 6) is -3.69. The number of carboxylic acids is 1. The third kappa shape index (κ3) is 3.72. The van der Waals surface area contributed by atoms with Crippen molar-refractivity contribution in [2.75, 3.05) is 25.1 Å². The van der Waals surface area contributed by atoms with Crippen LogP contribution >= 0.6 is 11.8 Å². The Hall–Kier alpha value is -2.79. The lowest BCUT2D eigenvalue weighted by Gasteiger charge is -2.50. The molecule has 4 N–H and O–H groups in total. The molecular formula is C22H30N4O6S. The third-order valence-electron chi connectivity index (χ3n) is 6.27. The minimum atomic E-state index is -2.04. The maximum absolute atomic E-state index is 13.3. The molecule has 2 saturated heterocycles. The number of methoxy groups -OCH3 is 1. The van der Waals surface area contributed by atoms with Gasteiger partial charge in [0.05, 0.1) is 7.11 Å². The van der Waals surface area contributed by atoms with Crippen LogP contribution in [0.1, 0.15) is 39.3 Å². The molecule has 180 valence electrons. The van der Waals surface area contributed by atoms with Gasteiger partial charge in [0.2, 0.25) is 11.4 Å². The molecule has 4 atom stereocenters. The lowest BCUT2D eigenvalue weighted by atomic mass is 9.84. The largest absolute Gasteiger partial charge is 0.480 e. The van der Waals surface area contributed by atoms with Crippen LogP contribution in [-0.4, -0.2) is 75.7 Å². The van der Waals surface area contributed by atoms with E-state index in [0.717, 1.165) is 29.5 Å². The topological polar surface area (TPSA) is 142 Å². The van der Waals surface area contributed by atoms with Crippen LogP contribution in [0.3, 0.4) is 0 Å². The van der Waals surface area contributed by atoms with E-state index in [0.29, 0.717) is 18.7 Å². The molecule has 1 aromatic carbocycles. The fourth-order valence-corrected chi connectivity index (χ4v) is 6.27. The second-order valence-electron chi connectivity index (χ2n) is 8.52. The number of hydrogen-bond donors (Lipinski definition) is 3. The van der Waals surface area contributed by atoms with E-state index in [-0.39, 0.29) is 0 Å². The molecule has 11 heteroatoms. The molecule has 0 radical (unpaired) electrons. The van der Waals surface area contributed by atoms with E-state index in [2.05, 4.69) is 5.32 Å². The highest BCUT2D eigenvalue weighted by atomic mass is 32.2.